The molecule has 0 radical (unpaired) electrons. The van der Waals surface area contributed by atoms with Crippen molar-refractivity contribution in [2.75, 3.05) is 12.9 Å². The standard InChI is InChI=1S/C14H14N2O6S2/c1-22-14(15-9(18)5-7-3-2-4-23-7)12(21)16-10(11(19)20)8(17)6-24-13(14)16/h2-4,10,13H,5-6H2,1H3,(H,15,18)(H,19,20)/t10?,13-,14?/m0/s1. The lowest BCUT2D eigenvalue weighted by Gasteiger charge is -2.57. The maximum atomic E-state index is 12.5. The molecule has 0 bridgehead atoms. The molecule has 1 aromatic rings. The number of Topliss-reactive ketones (excluding diaryl/α,β-unsaturated/α-hetero) is 1. The quantitative estimate of drug-likeness (QED) is 0.415. The lowest BCUT2D eigenvalue weighted by atomic mass is 9.96. The van der Waals surface area contributed by atoms with Gasteiger partial charge in [0.1, 0.15) is 5.37 Å². The van der Waals surface area contributed by atoms with Crippen LogP contribution in [-0.4, -0.2) is 63.6 Å². The fourth-order valence-electron chi connectivity index (χ4n) is 2.81. The van der Waals surface area contributed by atoms with Crippen LogP contribution in [0.4, 0.5) is 0 Å². The van der Waals surface area contributed by atoms with Gasteiger partial charge in [0.25, 0.3) is 11.6 Å². The molecule has 0 saturated carbocycles. The van der Waals surface area contributed by atoms with Crippen LogP contribution >= 0.6 is 23.1 Å². The van der Waals surface area contributed by atoms with Crippen molar-refractivity contribution < 1.29 is 29.0 Å². The number of nitrogens with zero attached hydrogens (tertiary/aromatic N) is 1. The summed E-state index contributed by atoms with van der Waals surface area (Å²) in [4.78, 5) is 49.6. The van der Waals surface area contributed by atoms with Crippen LogP contribution in [0.2, 0.25) is 0 Å². The third-order valence-electron chi connectivity index (χ3n) is 3.92. The molecular weight excluding hydrogens is 356 g/mol. The van der Waals surface area contributed by atoms with Crippen molar-refractivity contribution >= 4 is 46.7 Å². The molecule has 0 spiro atoms. The van der Waals surface area contributed by atoms with Gasteiger partial charge in [-0.3, -0.25) is 14.4 Å². The van der Waals surface area contributed by atoms with Gasteiger partial charge in [-0.05, 0) is 11.4 Å². The van der Waals surface area contributed by atoms with Crippen molar-refractivity contribution in [3.05, 3.63) is 22.4 Å². The molecule has 2 amide bonds. The number of amides is 2. The van der Waals surface area contributed by atoms with Gasteiger partial charge in [-0.15, -0.1) is 23.1 Å². The summed E-state index contributed by atoms with van der Waals surface area (Å²) in [5.41, 5.74) is -1.63. The highest BCUT2D eigenvalue weighted by atomic mass is 32.2. The Morgan fingerprint density at radius 2 is 2.25 bits per heavy atom. The van der Waals surface area contributed by atoms with Gasteiger partial charge >= 0.3 is 5.97 Å². The van der Waals surface area contributed by atoms with E-state index in [1.54, 1.807) is 6.07 Å². The number of fused-ring (bicyclic) bond motifs is 1. The highest BCUT2D eigenvalue weighted by Gasteiger charge is 2.68. The average Bonchev–Trinajstić information content (AvgIpc) is 3.04. The predicted octanol–water partition coefficient (Wildman–Crippen LogP) is -0.313. The minimum absolute atomic E-state index is 0.0582. The van der Waals surface area contributed by atoms with Gasteiger partial charge in [0.2, 0.25) is 5.91 Å². The molecule has 24 heavy (non-hydrogen) atoms. The van der Waals surface area contributed by atoms with Crippen LogP contribution in [0, 0.1) is 0 Å². The molecule has 2 unspecified atom stereocenters. The van der Waals surface area contributed by atoms with E-state index in [1.165, 1.54) is 18.4 Å². The molecule has 0 aliphatic carbocycles. The number of aliphatic carboxylic acids is 1. The van der Waals surface area contributed by atoms with E-state index in [-0.39, 0.29) is 12.2 Å². The minimum atomic E-state index is -1.63. The van der Waals surface area contributed by atoms with Crippen molar-refractivity contribution in [1.82, 2.24) is 10.2 Å². The number of thioether (sulfide) groups is 1. The number of carboxylic acid groups (broad SMARTS) is 1. The second-order valence-corrected chi connectivity index (χ2v) is 7.43. The Kier molecular flexibility index (Phi) is 4.37. The summed E-state index contributed by atoms with van der Waals surface area (Å²) < 4.78 is 5.26. The van der Waals surface area contributed by atoms with Crippen LogP contribution in [0.25, 0.3) is 0 Å². The Bertz CT molecular complexity index is 706. The molecule has 8 nitrogen and oxygen atoms in total. The van der Waals surface area contributed by atoms with E-state index in [4.69, 9.17) is 4.74 Å². The summed E-state index contributed by atoms with van der Waals surface area (Å²) in [5, 5.41) is 12.9. The SMILES string of the molecule is COC1(NC(=O)Cc2cccs2)C(=O)N2C(C(=O)O)C(=O)CS[C@H]21. The Labute approximate surface area is 145 Å². The lowest BCUT2D eigenvalue weighted by molar-refractivity contribution is -0.203. The molecule has 3 heterocycles. The van der Waals surface area contributed by atoms with Crippen molar-refractivity contribution in [3.8, 4) is 0 Å². The number of methoxy groups -OCH3 is 1. The van der Waals surface area contributed by atoms with Gasteiger partial charge < -0.3 is 20.1 Å². The molecule has 3 atom stereocenters. The van der Waals surface area contributed by atoms with Gasteiger partial charge in [-0.25, -0.2) is 4.79 Å². The molecule has 3 rings (SSSR count). The predicted molar refractivity (Wildman–Crippen MR) is 85.4 cm³/mol. The summed E-state index contributed by atoms with van der Waals surface area (Å²) >= 11 is 2.50. The average molecular weight is 370 g/mol. The number of rotatable bonds is 5. The number of hydrogen-bond donors (Lipinski definition) is 2. The van der Waals surface area contributed by atoms with Gasteiger partial charge in [-0.1, -0.05) is 6.07 Å². The largest absolute Gasteiger partial charge is 0.479 e. The molecule has 0 aromatic carbocycles. The molecular formula is C14H14N2O6S2. The van der Waals surface area contributed by atoms with E-state index in [2.05, 4.69) is 5.32 Å². The van der Waals surface area contributed by atoms with Crippen LogP contribution in [0.5, 0.6) is 0 Å². The Balaban J connectivity index is 1.78. The van der Waals surface area contributed by atoms with E-state index in [0.29, 0.717) is 0 Å². The number of carbonyl (C=O) groups excluding carboxylic acids is 3. The van der Waals surface area contributed by atoms with Crippen molar-refractivity contribution in [1.29, 1.82) is 0 Å². The molecule has 10 heteroatoms. The Hall–Kier alpha value is -1.91. The third kappa shape index (κ3) is 2.50. The number of ketones is 1. The lowest BCUT2D eigenvalue weighted by Crippen LogP contribution is -2.84. The number of carbonyl (C=O) groups is 4. The van der Waals surface area contributed by atoms with Gasteiger partial charge in [0.15, 0.2) is 11.8 Å². The highest BCUT2D eigenvalue weighted by Crippen LogP contribution is 2.44. The van der Waals surface area contributed by atoms with E-state index < -0.39 is 40.7 Å². The van der Waals surface area contributed by atoms with Crippen LogP contribution in [0.15, 0.2) is 17.5 Å². The number of hydrogen-bond acceptors (Lipinski definition) is 7. The molecule has 2 saturated heterocycles. The van der Waals surface area contributed by atoms with Crippen molar-refractivity contribution in [2.24, 2.45) is 0 Å². The second-order valence-electron chi connectivity index (χ2n) is 5.33. The van der Waals surface area contributed by atoms with E-state index in [0.717, 1.165) is 21.5 Å². The van der Waals surface area contributed by atoms with E-state index in [1.807, 2.05) is 11.4 Å². The molecule has 2 fully saturated rings. The van der Waals surface area contributed by atoms with E-state index >= 15 is 0 Å². The Morgan fingerprint density at radius 3 is 2.83 bits per heavy atom. The third-order valence-corrected chi connectivity index (χ3v) is 6.12. The molecule has 2 aliphatic rings. The fraction of sp³-hybridized carbons (Fsp3) is 0.429. The maximum absolute atomic E-state index is 12.5. The monoisotopic (exact) mass is 370 g/mol. The first kappa shape index (κ1) is 16.9. The van der Waals surface area contributed by atoms with Crippen LogP contribution < -0.4 is 5.32 Å². The first-order chi connectivity index (χ1) is 11.4. The zero-order valence-electron chi connectivity index (χ0n) is 12.6. The number of nitrogens with one attached hydrogen (secondary N) is 1. The van der Waals surface area contributed by atoms with Gasteiger partial charge in [-0.2, -0.15) is 0 Å². The second kappa shape index (κ2) is 6.19. The molecule has 2 N–H and O–H groups in total. The highest BCUT2D eigenvalue weighted by molar-refractivity contribution is 8.00. The maximum Gasteiger partial charge on any atom is 0.334 e. The van der Waals surface area contributed by atoms with Gasteiger partial charge in [0, 0.05) is 12.0 Å². The van der Waals surface area contributed by atoms with Crippen molar-refractivity contribution in [2.45, 2.75) is 23.6 Å². The van der Waals surface area contributed by atoms with Crippen molar-refractivity contribution in [3.63, 3.8) is 0 Å². The topological polar surface area (TPSA) is 113 Å². The first-order valence-electron chi connectivity index (χ1n) is 6.99. The zero-order valence-corrected chi connectivity index (χ0v) is 14.2. The molecule has 128 valence electrons. The van der Waals surface area contributed by atoms with Crippen LogP contribution in [0.3, 0.4) is 0 Å². The summed E-state index contributed by atoms with van der Waals surface area (Å²) in [7, 11) is 1.27. The number of thiophene rings is 1. The Morgan fingerprint density at radius 1 is 1.50 bits per heavy atom. The van der Waals surface area contributed by atoms with Crippen LogP contribution in [0.1, 0.15) is 4.88 Å². The molecule has 2 aliphatic heterocycles. The van der Waals surface area contributed by atoms with Crippen LogP contribution in [-0.2, 0) is 30.3 Å². The number of carboxylic acids is 1. The smallest absolute Gasteiger partial charge is 0.334 e. The van der Waals surface area contributed by atoms with E-state index in [9.17, 15) is 24.3 Å². The number of ether oxygens (including phenoxy) is 1. The summed E-state index contributed by atoms with van der Waals surface area (Å²) in [6.07, 6.45) is 0.0920. The zero-order chi connectivity index (χ0) is 17.5. The summed E-state index contributed by atoms with van der Waals surface area (Å²) in [5.74, 6) is -3.11. The number of β-lactam (4-membered cyclic amide) rings is 1. The normalized spacial score (nSPS) is 29.0. The minimum Gasteiger partial charge on any atom is -0.479 e. The molecule has 1 aromatic heterocycles. The fourth-order valence-corrected chi connectivity index (χ4v) is 4.87. The summed E-state index contributed by atoms with van der Waals surface area (Å²) in [6, 6.07) is 2.09. The van der Waals surface area contributed by atoms with Gasteiger partial charge in [0.05, 0.1) is 12.2 Å². The first-order valence-corrected chi connectivity index (χ1v) is 8.92. The summed E-state index contributed by atoms with van der Waals surface area (Å²) in [6.45, 7) is 0.